The van der Waals surface area contributed by atoms with Gasteiger partial charge in [-0.25, -0.2) is 0 Å². The lowest BCUT2D eigenvalue weighted by Gasteiger charge is -2.23. The highest BCUT2D eigenvalue weighted by molar-refractivity contribution is 5.99. The molecule has 0 saturated heterocycles. The maximum atomic E-state index is 12.6. The van der Waals surface area contributed by atoms with E-state index in [0.717, 1.165) is 29.7 Å². The summed E-state index contributed by atoms with van der Waals surface area (Å²) in [6, 6.07) is 4.93. The quantitative estimate of drug-likeness (QED) is 0.753. The Morgan fingerprint density at radius 3 is 2.39 bits per heavy atom. The molecular weight excluding hydrogens is 292 g/mol. The zero-order valence-corrected chi connectivity index (χ0v) is 14.2. The first-order chi connectivity index (χ1) is 10.8. The largest absolute Gasteiger partial charge is 0.391 e. The molecule has 126 valence electrons. The van der Waals surface area contributed by atoms with Gasteiger partial charge in [-0.05, 0) is 43.7 Å². The first-order valence-electron chi connectivity index (χ1n) is 8.20. The summed E-state index contributed by atoms with van der Waals surface area (Å²) in [5.41, 5.74) is 2.76. The number of hydrogen-bond donors (Lipinski definition) is 3. The third kappa shape index (κ3) is 4.32. The molecule has 1 aliphatic carbocycles. The topological polar surface area (TPSA) is 78.4 Å². The van der Waals surface area contributed by atoms with E-state index < -0.39 is 12.1 Å². The minimum Gasteiger partial charge on any atom is -0.391 e. The second-order valence-corrected chi connectivity index (χ2v) is 6.68. The van der Waals surface area contributed by atoms with E-state index in [1.807, 2.05) is 25.1 Å². The molecule has 3 N–H and O–H groups in total. The van der Waals surface area contributed by atoms with Gasteiger partial charge in [0, 0.05) is 11.6 Å². The summed E-state index contributed by atoms with van der Waals surface area (Å²) in [6.45, 7) is 7.57. The van der Waals surface area contributed by atoms with Crippen LogP contribution in [0.3, 0.4) is 0 Å². The Morgan fingerprint density at radius 1 is 1.22 bits per heavy atom. The van der Waals surface area contributed by atoms with Crippen LogP contribution in [0.5, 0.6) is 0 Å². The van der Waals surface area contributed by atoms with Crippen molar-refractivity contribution in [3.63, 3.8) is 0 Å². The summed E-state index contributed by atoms with van der Waals surface area (Å²) in [7, 11) is 0. The molecule has 5 nitrogen and oxygen atoms in total. The molecule has 1 fully saturated rings. The van der Waals surface area contributed by atoms with Crippen molar-refractivity contribution in [2.75, 3.05) is 5.32 Å². The number of amides is 2. The smallest absolute Gasteiger partial charge is 0.249 e. The maximum absolute atomic E-state index is 12.6. The lowest BCUT2D eigenvalue weighted by molar-refractivity contribution is -0.129. The number of para-hydroxylation sites is 1. The molecule has 2 rings (SSSR count). The Balaban J connectivity index is 2.16. The predicted octanol–water partition coefficient (Wildman–Crippen LogP) is 2.33. The summed E-state index contributed by atoms with van der Waals surface area (Å²) >= 11 is 0. The third-order valence-corrected chi connectivity index (χ3v) is 4.19. The van der Waals surface area contributed by atoms with Gasteiger partial charge < -0.3 is 15.7 Å². The van der Waals surface area contributed by atoms with Gasteiger partial charge in [-0.1, -0.05) is 32.0 Å². The molecule has 1 saturated carbocycles. The lowest BCUT2D eigenvalue weighted by atomic mass is 9.98. The number of hydrogen-bond acceptors (Lipinski definition) is 3. The number of aliphatic hydroxyl groups excluding tert-OH is 1. The molecular formula is C18H26N2O3. The van der Waals surface area contributed by atoms with Gasteiger partial charge in [0.25, 0.3) is 0 Å². The fourth-order valence-corrected chi connectivity index (χ4v) is 2.57. The SMILES string of the molecule is Cc1cccc(C(C)C)c1NC(=O)C(NC(=O)C1CC1)C(C)O. The van der Waals surface area contributed by atoms with Crippen LogP contribution >= 0.6 is 0 Å². The van der Waals surface area contributed by atoms with Crippen molar-refractivity contribution in [1.29, 1.82) is 0 Å². The van der Waals surface area contributed by atoms with Crippen LogP contribution in [0.2, 0.25) is 0 Å². The van der Waals surface area contributed by atoms with Gasteiger partial charge in [0.1, 0.15) is 6.04 Å². The molecule has 1 aliphatic rings. The average Bonchev–Trinajstić information content (AvgIpc) is 3.30. The van der Waals surface area contributed by atoms with Crippen LogP contribution < -0.4 is 10.6 Å². The van der Waals surface area contributed by atoms with E-state index in [9.17, 15) is 14.7 Å². The lowest BCUT2D eigenvalue weighted by Crippen LogP contribution is -2.50. The van der Waals surface area contributed by atoms with Crippen molar-refractivity contribution in [2.45, 2.75) is 58.6 Å². The number of anilines is 1. The normalized spacial score (nSPS) is 16.8. The highest BCUT2D eigenvalue weighted by Crippen LogP contribution is 2.29. The molecule has 2 atom stereocenters. The highest BCUT2D eigenvalue weighted by atomic mass is 16.3. The fourth-order valence-electron chi connectivity index (χ4n) is 2.57. The Bertz CT molecular complexity index is 592. The first kappa shape index (κ1) is 17.5. The van der Waals surface area contributed by atoms with E-state index in [1.54, 1.807) is 0 Å². The molecule has 0 aliphatic heterocycles. The number of aliphatic hydroxyl groups is 1. The minimum atomic E-state index is -0.954. The zero-order valence-electron chi connectivity index (χ0n) is 14.2. The van der Waals surface area contributed by atoms with Gasteiger partial charge >= 0.3 is 0 Å². The molecule has 2 amide bonds. The molecule has 23 heavy (non-hydrogen) atoms. The van der Waals surface area contributed by atoms with Crippen molar-refractivity contribution in [2.24, 2.45) is 5.92 Å². The van der Waals surface area contributed by atoms with Crippen LogP contribution in [-0.4, -0.2) is 29.1 Å². The Labute approximate surface area is 137 Å². The Hall–Kier alpha value is -1.88. The van der Waals surface area contributed by atoms with Gasteiger partial charge in [0.05, 0.1) is 6.10 Å². The monoisotopic (exact) mass is 318 g/mol. The van der Waals surface area contributed by atoms with Gasteiger partial charge in [-0.15, -0.1) is 0 Å². The molecule has 0 bridgehead atoms. The van der Waals surface area contributed by atoms with Crippen LogP contribution in [0.4, 0.5) is 5.69 Å². The Kier molecular flexibility index (Phi) is 5.42. The van der Waals surface area contributed by atoms with E-state index in [-0.39, 0.29) is 23.7 Å². The van der Waals surface area contributed by atoms with Crippen LogP contribution in [0, 0.1) is 12.8 Å². The van der Waals surface area contributed by atoms with Crippen molar-refractivity contribution in [3.05, 3.63) is 29.3 Å². The number of carbonyl (C=O) groups excluding carboxylic acids is 2. The maximum Gasteiger partial charge on any atom is 0.249 e. The average molecular weight is 318 g/mol. The van der Waals surface area contributed by atoms with Crippen LogP contribution in [0.15, 0.2) is 18.2 Å². The van der Waals surface area contributed by atoms with E-state index in [4.69, 9.17) is 0 Å². The summed E-state index contributed by atoms with van der Waals surface area (Å²) in [4.78, 5) is 24.5. The molecule has 1 aromatic carbocycles. The summed E-state index contributed by atoms with van der Waals surface area (Å²) < 4.78 is 0. The van der Waals surface area contributed by atoms with E-state index in [1.165, 1.54) is 6.92 Å². The molecule has 0 spiro atoms. The summed E-state index contributed by atoms with van der Waals surface area (Å²) in [5.74, 6) is -0.282. The van der Waals surface area contributed by atoms with E-state index in [0.29, 0.717) is 0 Å². The number of aryl methyl sites for hydroxylation is 1. The fraction of sp³-hybridized carbons (Fsp3) is 0.556. The summed E-state index contributed by atoms with van der Waals surface area (Å²) in [5, 5.41) is 15.4. The molecule has 0 aromatic heterocycles. The third-order valence-electron chi connectivity index (χ3n) is 4.19. The number of benzene rings is 1. The molecule has 0 heterocycles. The van der Waals surface area contributed by atoms with Crippen LogP contribution in [0.1, 0.15) is 50.7 Å². The van der Waals surface area contributed by atoms with Gasteiger partial charge in [0.15, 0.2) is 0 Å². The molecule has 1 aromatic rings. The molecule has 2 unspecified atom stereocenters. The van der Waals surface area contributed by atoms with Crippen molar-refractivity contribution in [1.82, 2.24) is 5.32 Å². The number of carbonyl (C=O) groups is 2. The van der Waals surface area contributed by atoms with E-state index in [2.05, 4.69) is 24.5 Å². The predicted molar refractivity (Wildman–Crippen MR) is 90.2 cm³/mol. The number of rotatable bonds is 6. The van der Waals surface area contributed by atoms with Crippen LogP contribution in [0.25, 0.3) is 0 Å². The van der Waals surface area contributed by atoms with Gasteiger partial charge in [0.2, 0.25) is 11.8 Å². The Morgan fingerprint density at radius 2 is 1.87 bits per heavy atom. The van der Waals surface area contributed by atoms with Crippen molar-refractivity contribution in [3.8, 4) is 0 Å². The second kappa shape index (κ2) is 7.13. The molecule has 5 heteroatoms. The standard InChI is InChI=1S/C18H26N2O3/c1-10(2)14-7-5-6-11(3)15(14)19-18(23)16(12(4)21)20-17(22)13-8-9-13/h5-7,10,12-13,16,21H,8-9H2,1-4H3,(H,19,23)(H,20,22). The minimum absolute atomic E-state index is 0.00580. The summed E-state index contributed by atoms with van der Waals surface area (Å²) in [6.07, 6.45) is 0.758. The number of nitrogens with one attached hydrogen (secondary N) is 2. The van der Waals surface area contributed by atoms with Gasteiger partial charge in [-0.2, -0.15) is 0 Å². The first-order valence-corrected chi connectivity index (χ1v) is 8.20. The van der Waals surface area contributed by atoms with Crippen molar-refractivity contribution >= 4 is 17.5 Å². The zero-order chi connectivity index (χ0) is 17.1. The molecule has 0 radical (unpaired) electrons. The van der Waals surface area contributed by atoms with E-state index >= 15 is 0 Å². The second-order valence-electron chi connectivity index (χ2n) is 6.68. The highest BCUT2D eigenvalue weighted by Gasteiger charge is 2.34. The van der Waals surface area contributed by atoms with Crippen LogP contribution in [-0.2, 0) is 9.59 Å². The van der Waals surface area contributed by atoms with Crippen molar-refractivity contribution < 1.29 is 14.7 Å². The van der Waals surface area contributed by atoms with Gasteiger partial charge in [-0.3, -0.25) is 9.59 Å².